The van der Waals surface area contributed by atoms with Crippen LogP contribution in [-0.4, -0.2) is 46.3 Å². The quantitative estimate of drug-likeness (QED) is 0.663. The van der Waals surface area contributed by atoms with Crippen molar-refractivity contribution in [1.82, 2.24) is 4.90 Å². The molecule has 0 saturated heterocycles. The summed E-state index contributed by atoms with van der Waals surface area (Å²) in [5, 5.41) is 17.9. The van der Waals surface area contributed by atoms with E-state index in [9.17, 15) is 4.79 Å². The Morgan fingerprint density at radius 3 is 2.23 bits per heavy atom. The zero-order valence-corrected chi connectivity index (χ0v) is 8.74. The van der Waals surface area contributed by atoms with E-state index in [1.807, 2.05) is 20.8 Å². The molecule has 1 atom stereocenters. The number of carboxylic acid groups (broad SMARTS) is 1. The van der Waals surface area contributed by atoms with Crippen LogP contribution in [0.2, 0.25) is 0 Å². The molecule has 0 saturated carbocycles. The van der Waals surface area contributed by atoms with Gasteiger partial charge in [0.05, 0.1) is 6.61 Å². The molecular weight excluding hydrogens is 170 g/mol. The van der Waals surface area contributed by atoms with Crippen molar-refractivity contribution in [2.75, 3.05) is 13.7 Å². The van der Waals surface area contributed by atoms with E-state index in [0.717, 1.165) is 0 Å². The molecule has 0 spiro atoms. The Bertz CT molecular complexity index is 180. The lowest BCUT2D eigenvalue weighted by molar-refractivity contribution is -0.145. The molecule has 4 heteroatoms. The molecule has 0 aliphatic rings. The van der Waals surface area contributed by atoms with Crippen molar-refractivity contribution < 1.29 is 15.0 Å². The van der Waals surface area contributed by atoms with Crippen LogP contribution < -0.4 is 0 Å². The van der Waals surface area contributed by atoms with Crippen LogP contribution in [0.1, 0.15) is 27.2 Å². The number of nitrogens with zero attached hydrogens (tertiary/aromatic N) is 1. The average Bonchev–Trinajstić information content (AvgIpc) is 2.05. The summed E-state index contributed by atoms with van der Waals surface area (Å²) in [7, 11) is 1.72. The van der Waals surface area contributed by atoms with E-state index in [-0.39, 0.29) is 6.61 Å². The third-order valence-electron chi connectivity index (χ3n) is 2.48. The standard InChI is InChI=1S/C9H19NO3/c1-5-7(8(12)13)10(4)9(2,3)6-11/h7,11H,5-6H2,1-4H3,(H,12,13). The first kappa shape index (κ1) is 12.4. The van der Waals surface area contributed by atoms with Crippen LogP contribution in [0.5, 0.6) is 0 Å². The Morgan fingerprint density at radius 2 is 2.00 bits per heavy atom. The van der Waals surface area contributed by atoms with E-state index in [0.29, 0.717) is 6.42 Å². The van der Waals surface area contributed by atoms with Gasteiger partial charge in [-0.3, -0.25) is 9.69 Å². The van der Waals surface area contributed by atoms with Gasteiger partial charge in [0.1, 0.15) is 6.04 Å². The molecule has 0 radical (unpaired) electrons. The Balaban J connectivity index is 4.54. The van der Waals surface area contributed by atoms with E-state index in [2.05, 4.69) is 0 Å². The predicted octanol–water partition coefficient (Wildman–Crippen LogP) is 0.552. The van der Waals surface area contributed by atoms with Crippen LogP contribution in [0.3, 0.4) is 0 Å². The summed E-state index contributed by atoms with van der Waals surface area (Å²) in [6.07, 6.45) is 0.537. The molecule has 13 heavy (non-hydrogen) atoms. The van der Waals surface area contributed by atoms with E-state index in [1.165, 1.54) is 0 Å². The number of carbonyl (C=O) groups is 1. The molecule has 0 amide bonds. The zero-order chi connectivity index (χ0) is 10.6. The van der Waals surface area contributed by atoms with Gasteiger partial charge >= 0.3 is 5.97 Å². The van der Waals surface area contributed by atoms with Gasteiger partial charge in [-0.05, 0) is 27.3 Å². The molecule has 2 N–H and O–H groups in total. The van der Waals surface area contributed by atoms with Gasteiger partial charge in [0.15, 0.2) is 0 Å². The Kier molecular flexibility index (Phi) is 4.36. The SMILES string of the molecule is CCC(C(=O)O)N(C)C(C)(C)CO. The second-order valence-corrected chi connectivity index (χ2v) is 3.84. The highest BCUT2D eigenvalue weighted by molar-refractivity contribution is 5.73. The van der Waals surface area contributed by atoms with E-state index < -0.39 is 17.6 Å². The van der Waals surface area contributed by atoms with E-state index in [4.69, 9.17) is 10.2 Å². The molecule has 0 fully saturated rings. The maximum absolute atomic E-state index is 10.8. The fraction of sp³-hybridized carbons (Fsp3) is 0.889. The zero-order valence-electron chi connectivity index (χ0n) is 8.74. The largest absolute Gasteiger partial charge is 0.480 e. The number of carboxylic acids is 1. The third kappa shape index (κ3) is 2.97. The van der Waals surface area contributed by atoms with Crippen LogP contribution >= 0.6 is 0 Å². The summed E-state index contributed by atoms with van der Waals surface area (Å²) in [6, 6.07) is -0.526. The first-order chi connectivity index (χ1) is 5.86. The van der Waals surface area contributed by atoms with Gasteiger partial charge in [0, 0.05) is 5.54 Å². The highest BCUT2D eigenvalue weighted by Gasteiger charge is 2.31. The average molecular weight is 189 g/mol. The van der Waals surface area contributed by atoms with Gasteiger partial charge in [0.25, 0.3) is 0 Å². The van der Waals surface area contributed by atoms with Gasteiger partial charge in [-0.25, -0.2) is 0 Å². The van der Waals surface area contributed by atoms with Gasteiger partial charge in [-0.15, -0.1) is 0 Å². The minimum atomic E-state index is -0.841. The van der Waals surface area contributed by atoms with Crippen molar-refractivity contribution in [1.29, 1.82) is 0 Å². The number of aliphatic carboxylic acids is 1. The second-order valence-electron chi connectivity index (χ2n) is 3.84. The maximum atomic E-state index is 10.8. The summed E-state index contributed by atoms with van der Waals surface area (Å²) in [5.41, 5.74) is -0.487. The summed E-state index contributed by atoms with van der Waals surface area (Å²) in [6.45, 7) is 5.41. The number of aliphatic hydroxyl groups excluding tert-OH is 1. The molecule has 0 aliphatic carbocycles. The highest BCUT2D eigenvalue weighted by atomic mass is 16.4. The highest BCUT2D eigenvalue weighted by Crippen LogP contribution is 2.16. The minimum absolute atomic E-state index is 0.0483. The van der Waals surface area contributed by atoms with Crippen molar-refractivity contribution in [3.63, 3.8) is 0 Å². The normalized spacial score (nSPS) is 14.6. The fourth-order valence-corrected chi connectivity index (χ4v) is 1.15. The lowest BCUT2D eigenvalue weighted by atomic mass is 10.0. The number of aliphatic hydroxyl groups is 1. The van der Waals surface area contributed by atoms with Crippen molar-refractivity contribution in [3.8, 4) is 0 Å². The molecule has 0 aliphatic heterocycles. The lowest BCUT2D eigenvalue weighted by Crippen LogP contribution is -2.52. The number of rotatable bonds is 5. The molecule has 0 bridgehead atoms. The molecule has 0 aromatic heterocycles. The summed E-state index contributed by atoms with van der Waals surface area (Å²) < 4.78 is 0. The van der Waals surface area contributed by atoms with Crippen LogP contribution in [0.25, 0.3) is 0 Å². The van der Waals surface area contributed by atoms with Gasteiger partial charge in [-0.2, -0.15) is 0 Å². The second kappa shape index (κ2) is 4.58. The smallest absolute Gasteiger partial charge is 0.320 e. The summed E-state index contributed by atoms with van der Waals surface area (Å²) >= 11 is 0. The van der Waals surface area contributed by atoms with Crippen molar-refractivity contribution in [3.05, 3.63) is 0 Å². The van der Waals surface area contributed by atoms with Crippen LogP contribution in [0, 0.1) is 0 Å². The molecule has 0 aromatic carbocycles. The fourth-order valence-electron chi connectivity index (χ4n) is 1.15. The summed E-state index contributed by atoms with van der Waals surface area (Å²) in [4.78, 5) is 12.5. The van der Waals surface area contributed by atoms with Crippen molar-refractivity contribution in [2.24, 2.45) is 0 Å². The Hall–Kier alpha value is -0.610. The Labute approximate surface area is 79.2 Å². The van der Waals surface area contributed by atoms with Gasteiger partial charge in [-0.1, -0.05) is 6.92 Å². The number of likely N-dealkylation sites (N-methyl/N-ethyl adjacent to an activating group) is 1. The van der Waals surface area contributed by atoms with Crippen molar-refractivity contribution >= 4 is 5.97 Å². The van der Waals surface area contributed by atoms with Crippen molar-refractivity contribution in [2.45, 2.75) is 38.8 Å². The molecule has 1 unspecified atom stereocenters. The first-order valence-corrected chi connectivity index (χ1v) is 4.43. The molecule has 0 heterocycles. The molecule has 4 nitrogen and oxygen atoms in total. The third-order valence-corrected chi connectivity index (χ3v) is 2.48. The predicted molar refractivity (Wildman–Crippen MR) is 50.6 cm³/mol. The Morgan fingerprint density at radius 1 is 1.54 bits per heavy atom. The molecule has 78 valence electrons. The van der Waals surface area contributed by atoms with E-state index >= 15 is 0 Å². The van der Waals surface area contributed by atoms with Gasteiger partial charge < -0.3 is 10.2 Å². The molecule has 0 aromatic rings. The minimum Gasteiger partial charge on any atom is -0.480 e. The van der Waals surface area contributed by atoms with Crippen LogP contribution in [0.4, 0.5) is 0 Å². The van der Waals surface area contributed by atoms with Crippen LogP contribution in [-0.2, 0) is 4.79 Å². The van der Waals surface area contributed by atoms with Gasteiger partial charge in [0.2, 0.25) is 0 Å². The first-order valence-electron chi connectivity index (χ1n) is 4.43. The van der Waals surface area contributed by atoms with Crippen LogP contribution in [0.15, 0.2) is 0 Å². The van der Waals surface area contributed by atoms with E-state index in [1.54, 1.807) is 11.9 Å². The molecular formula is C9H19NO3. The summed E-state index contributed by atoms with van der Waals surface area (Å²) in [5.74, 6) is -0.841. The number of hydrogen-bond donors (Lipinski definition) is 2. The molecule has 0 rings (SSSR count). The maximum Gasteiger partial charge on any atom is 0.320 e. The monoisotopic (exact) mass is 189 g/mol. The topological polar surface area (TPSA) is 60.8 Å². The number of hydrogen-bond acceptors (Lipinski definition) is 3. The lowest BCUT2D eigenvalue weighted by Gasteiger charge is -2.37.